The van der Waals surface area contributed by atoms with Gasteiger partial charge in [0.2, 0.25) is 11.8 Å². The van der Waals surface area contributed by atoms with E-state index < -0.39 is 0 Å². The van der Waals surface area contributed by atoms with E-state index in [1.54, 1.807) is 30.8 Å². The van der Waals surface area contributed by atoms with Gasteiger partial charge in [-0.15, -0.1) is 0 Å². The van der Waals surface area contributed by atoms with Crippen LogP contribution in [0.15, 0.2) is 35.3 Å². The molecule has 1 aromatic rings. The highest BCUT2D eigenvalue weighted by molar-refractivity contribution is 8.05. The van der Waals surface area contributed by atoms with Crippen molar-refractivity contribution in [1.29, 1.82) is 0 Å². The molecule has 2 rings (SSSR count). The summed E-state index contributed by atoms with van der Waals surface area (Å²) in [6, 6.07) is 3.22. The minimum atomic E-state index is -0.297. The average Bonchev–Trinajstić information content (AvgIpc) is 2.68. The van der Waals surface area contributed by atoms with Crippen LogP contribution >= 0.6 is 11.8 Å². The number of amides is 1. The zero-order valence-electron chi connectivity index (χ0n) is 17.3. The fourth-order valence-corrected chi connectivity index (χ4v) is 3.02. The zero-order chi connectivity index (χ0) is 21.1. The van der Waals surface area contributed by atoms with Gasteiger partial charge < -0.3 is 24.8 Å². The largest absolute Gasteiger partial charge is 0.476 e. The van der Waals surface area contributed by atoms with Gasteiger partial charge in [0.15, 0.2) is 0 Å². The van der Waals surface area contributed by atoms with Crippen molar-refractivity contribution in [3.05, 3.63) is 40.9 Å². The molecule has 1 fully saturated rings. The third kappa shape index (κ3) is 8.76. The summed E-state index contributed by atoms with van der Waals surface area (Å²) < 4.78 is 16.8. The maximum atomic E-state index is 12.6. The maximum Gasteiger partial charge on any atom is 0.256 e. The van der Waals surface area contributed by atoms with Crippen molar-refractivity contribution < 1.29 is 19.0 Å². The number of nitrogens with zero attached hydrogens (tertiary/aromatic N) is 2. The highest BCUT2D eigenvalue weighted by Crippen LogP contribution is 2.20. The van der Waals surface area contributed by atoms with Gasteiger partial charge >= 0.3 is 0 Å². The first-order valence-corrected chi connectivity index (χ1v) is 10.5. The highest BCUT2D eigenvalue weighted by Gasteiger charge is 2.14. The second kappa shape index (κ2) is 12.4. The molecule has 0 unspecified atom stereocenters. The summed E-state index contributed by atoms with van der Waals surface area (Å²) >= 11 is 1.31. The van der Waals surface area contributed by atoms with Crippen LogP contribution < -0.4 is 20.1 Å². The summed E-state index contributed by atoms with van der Waals surface area (Å²) in [6.45, 7) is 12.2. The molecule has 8 nitrogen and oxygen atoms in total. The topological polar surface area (TPSA) is 85.0 Å². The van der Waals surface area contributed by atoms with E-state index in [4.69, 9.17) is 14.2 Å². The summed E-state index contributed by atoms with van der Waals surface area (Å²) in [5.74, 6) is 0.409. The number of pyridine rings is 1. The van der Waals surface area contributed by atoms with Crippen molar-refractivity contribution >= 4 is 17.7 Å². The van der Waals surface area contributed by atoms with Gasteiger partial charge in [0.25, 0.3) is 5.91 Å². The second-order valence-corrected chi connectivity index (χ2v) is 7.59. The van der Waals surface area contributed by atoms with Gasteiger partial charge in [-0.25, -0.2) is 0 Å². The van der Waals surface area contributed by atoms with Crippen molar-refractivity contribution in [3.63, 3.8) is 0 Å². The molecule has 0 atom stereocenters. The smallest absolute Gasteiger partial charge is 0.256 e. The molecule has 1 aliphatic heterocycles. The summed E-state index contributed by atoms with van der Waals surface area (Å²) in [5, 5.41) is 7.95. The number of nitrogens with one attached hydrogen (secondary N) is 2. The lowest BCUT2D eigenvalue weighted by Gasteiger charge is -2.26. The fourth-order valence-electron chi connectivity index (χ4n) is 2.50. The normalized spacial score (nSPS) is 14.8. The van der Waals surface area contributed by atoms with E-state index in [1.165, 1.54) is 11.8 Å². The van der Waals surface area contributed by atoms with Crippen LogP contribution in [-0.4, -0.2) is 68.4 Å². The van der Waals surface area contributed by atoms with Gasteiger partial charge in [-0.05, 0) is 19.3 Å². The monoisotopic (exact) mass is 422 g/mol. The molecule has 0 radical (unpaired) electrons. The standard InChI is InChI=1S/C20H30N4O4S/c1-15(2)28-19-14-17(20(25)22-16(3)29-12-5-21-4)13-18(23-19)27-11-8-24-6-9-26-10-7-24/h5,12-15,21H,3,6-11H2,1-2,4H3,(H,22,25)/b12-5-. The van der Waals surface area contributed by atoms with Crippen LogP contribution in [0.4, 0.5) is 0 Å². The van der Waals surface area contributed by atoms with E-state index in [2.05, 4.69) is 27.1 Å². The van der Waals surface area contributed by atoms with Crippen LogP contribution in [0.25, 0.3) is 0 Å². The number of hydrogen-bond donors (Lipinski definition) is 2. The average molecular weight is 423 g/mol. The van der Waals surface area contributed by atoms with Gasteiger partial charge in [-0.2, -0.15) is 4.98 Å². The summed E-state index contributed by atoms with van der Waals surface area (Å²) in [5.41, 5.74) is 0.399. The Morgan fingerprint density at radius 1 is 1.38 bits per heavy atom. The van der Waals surface area contributed by atoms with Crippen molar-refractivity contribution in [2.45, 2.75) is 20.0 Å². The van der Waals surface area contributed by atoms with E-state index in [9.17, 15) is 4.79 Å². The summed E-state index contributed by atoms with van der Waals surface area (Å²) in [6.07, 6.45) is 1.68. The van der Waals surface area contributed by atoms with Crippen LogP contribution in [0, 0.1) is 0 Å². The second-order valence-electron chi connectivity index (χ2n) is 6.59. The Morgan fingerprint density at radius 2 is 2.10 bits per heavy atom. The Morgan fingerprint density at radius 3 is 2.79 bits per heavy atom. The molecule has 160 valence electrons. The molecule has 9 heteroatoms. The number of hydrogen-bond acceptors (Lipinski definition) is 8. The number of ether oxygens (including phenoxy) is 3. The van der Waals surface area contributed by atoms with E-state index in [1.807, 2.05) is 13.8 Å². The fraction of sp³-hybridized carbons (Fsp3) is 0.500. The van der Waals surface area contributed by atoms with E-state index >= 15 is 0 Å². The van der Waals surface area contributed by atoms with Crippen LogP contribution in [0.3, 0.4) is 0 Å². The minimum absolute atomic E-state index is 0.0702. The van der Waals surface area contributed by atoms with Crippen LogP contribution in [0.2, 0.25) is 0 Å². The number of aromatic nitrogens is 1. The van der Waals surface area contributed by atoms with Gasteiger partial charge in [0, 0.05) is 45.0 Å². The molecule has 0 aromatic carbocycles. The number of rotatable bonds is 11. The van der Waals surface area contributed by atoms with Crippen molar-refractivity contribution in [2.75, 3.05) is 46.5 Å². The van der Waals surface area contributed by atoms with Crippen LogP contribution in [0.1, 0.15) is 24.2 Å². The molecule has 1 aromatic heterocycles. The maximum absolute atomic E-state index is 12.6. The van der Waals surface area contributed by atoms with Gasteiger partial charge in [0.1, 0.15) is 6.61 Å². The van der Waals surface area contributed by atoms with Crippen LogP contribution in [-0.2, 0) is 4.74 Å². The number of thioether (sulfide) groups is 1. The quantitative estimate of drug-likeness (QED) is 0.562. The van der Waals surface area contributed by atoms with E-state index in [-0.39, 0.29) is 12.0 Å². The number of carbonyl (C=O) groups excluding carboxylic acids is 1. The molecule has 0 aliphatic carbocycles. The van der Waals surface area contributed by atoms with Gasteiger partial charge in [-0.3, -0.25) is 9.69 Å². The lowest BCUT2D eigenvalue weighted by molar-refractivity contribution is 0.0319. The summed E-state index contributed by atoms with van der Waals surface area (Å²) in [4.78, 5) is 19.2. The Hall–Kier alpha value is -2.23. The molecule has 0 saturated carbocycles. The third-order valence-corrected chi connectivity index (χ3v) is 4.51. The molecule has 2 N–H and O–H groups in total. The predicted molar refractivity (Wildman–Crippen MR) is 115 cm³/mol. The number of morpholine rings is 1. The molecule has 2 heterocycles. The highest BCUT2D eigenvalue weighted by atomic mass is 32.2. The lowest BCUT2D eigenvalue weighted by atomic mass is 10.2. The molecule has 29 heavy (non-hydrogen) atoms. The van der Waals surface area contributed by atoms with Crippen LogP contribution in [0.5, 0.6) is 11.8 Å². The minimum Gasteiger partial charge on any atom is -0.476 e. The zero-order valence-corrected chi connectivity index (χ0v) is 18.1. The first kappa shape index (κ1) is 23.1. The Bertz CT molecular complexity index is 706. The van der Waals surface area contributed by atoms with E-state index in [0.717, 1.165) is 32.8 Å². The molecule has 1 aliphatic rings. The molecular formula is C20H30N4O4S. The third-order valence-electron chi connectivity index (χ3n) is 3.86. The first-order chi connectivity index (χ1) is 14.0. The molecule has 1 saturated heterocycles. The van der Waals surface area contributed by atoms with E-state index in [0.29, 0.717) is 29.0 Å². The lowest BCUT2D eigenvalue weighted by Crippen LogP contribution is -2.38. The Kier molecular flexibility index (Phi) is 9.82. The SMILES string of the molecule is C=C(NC(=O)c1cc(OCCN2CCOCC2)nc(OC(C)C)c1)S/C=C\NC. The van der Waals surface area contributed by atoms with Crippen molar-refractivity contribution in [2.24, 2.45) is 0 Å². The van der Waals surface area contributed by atoms with Gasteiger partial charge in [-0.1, -0.05) is 18.3 Å². The molecule has 0 spiro atoms. The Balaban J connectivity index is 2.01. The summed E-state index contributed by atoms with van der Waals surface area (Å²) in [7, 11) is 1.80. The van der Waals surface area contributed by atoms with Crippen molar-refractivity contribution in [3.8, 4) is 11.8 Å². The number of carbonyl (C=O) groups is 1. The molecule has 0 bridgehead atoms. The van der Waals surface area contributed by atoms with Gasteiger partial charge in [0.05, 0.1) is 29.9 Å². The van der Waals surface area contributed by atoms with Crippen molar-refractivity contribution in [1.82, 2.24) is 20.5 Å². The molecule has 1 amide bonds. The predicted octanol–water partition coefficient (Wildman–Crippen LogP) is 2.20. The first-order valence-electron chi connectivity index (χ1n) is 9.58. The molecular weight excluding hydrogens is 392 g/mol. The Labute approximate surface area is 176 Å².